The molecule has 2 aliphatic heterocycles. The highest BCUT2D eigenvalue weighted by molar-refractivity contribution is 8.18. The number of morpholine rings is 1. The number of benzene rings is 1. The molecule has 2 heterocycles. The monoisotopic (exact) mass is 353 g/mol. The van der Waals surface area contributed by atoms with Gasteiger partial charge in [-0.2, -0.15) is 4.99 Å². The molecule has 0 N–H and O–H groups in total. The lowest BCUT2D eigenvalue weighted by Crippen LogP contribution is -2.38. The molecule has 1 saturated heterocycles. The Kier molecular flexibility index (Phi) is 4.65. The summed E-state index contributed by atoms with van der Waals surface area (Å²) < 4.78 is 5.27. The van der Waals surface area contributed by atoms with Crippen LogP contribution >= 0.6 is 23.4 Å². The fourth-order valence-corrected chi connectivity index (χ4v) is 3.31. The zero-order chi connectivity index (χ0) is 16.4. The van der Waals surface area contributed by atoms with E-state index in [0.717, 1.165) is 0 Å². The number of halogens is 1. The topological polar surface area (TPSA) is 85.0 Å². The molecule has 1 aromatic rings. The Morgan fingerprint density at radius 2 is 2.13 bits per heavy atom. The minimum absolute atomic E-state index is 0.0778. The molecular formula is C14H12ClN3O4S. The summed E-state index contributed by atoms with van der Waals surface area (Å²) in [5.74, 6) is -0.362. The normalized spacial score (nSPS) is 20.0. The van der Waals surface area contributed by atoms with Crippen LogP contribution in [-0.2, 0) is 9.53 Å². The first-order valence-electron chi connectivity index (χ1n) is 6.84. The number of nitro groups is 1. The van der Waals surface area contributed by atoms with Crippen molar-refractivity contribution < 1.29 is 14.5 Å². The Bertz CT molecular complexity index is 729. The summed E-state index contributed by atoms with van der Waals surface area (Å²) in [6, 6.07) is 4.11. The zero-order valence-electron chi connectivity index (χ0n) is 11.9. The fraction of sp³-hybridized carbons (Fsp3) is 0.286. The van der Waals surface area contributed by atoms with Crippen LogP contribution in [-0.4, -0.2) is 47.2 Å². The number of nitrogens with zero attached hydrogens (tertiary/aromatic N) is 3. The minimum Gasteiger partial charge on any atom is -0.378 e. The number of hydrogen-bond acceptors (Lipinski definition) is 6. The van der Waals surface area contributed by atoms with E-state index in [2.05, 4.69) is 4.99 Å². The molecule has 120 valence electrons. The molecule has 0 saturated carbocycles. The third-order valence-electron chi connectivity index (χ3n) is 3.37. The van der Waals surface area contributed by atoms with Crippen molar-refractivity contribution in [2.24, 2.45) is 4.99 Å². The van der Waals surface area contributed by atoms with Crippen molar-refractivity contribution in [3.63, 3.8) is 0 Å². The van der Waals surface area contributed by atoms with Gasteiger partial charge in [0.15, 0.2) is 5.17 Å². The van der Waals surface area contributed by atoms with Gasteiger partial charge in [0.25, 0.3) is 11.6 Å². The zero-order valence-corrected chi connectivity index (χ0v) is 13.5. The number of nitro benzene ring substituents is 1. The number of amides is 1. The molecular weight excluding hydrogens is 342 g/mol. The molecule has 0 radical (unpaired) electrons. The first kappa shape index (κ1) is 16.0. The van der Waals surface area contributed by atoms with Crippen LogP contribution in [0.3, 0.4) is 0 Å². The van der Waals surface area contributed by atoms with Gasteiger partial charge >= 0.3 is 0 Å². The maximum absolute atomic E-state index is 12.1. The van der Waals surface area contributed by atoms with E-state index in [4.69, 9.17) is 16.3 Å². The second-order valence-electron chi connectivity index (χ2n) is 4.87. The van der Waals surface area contributed by atoms with E-state index in [1.807, 2.05) is 4.90 Å². The molecule has 2 aliphatic rings. The van der Waals surface area contributed by atoms with E-state index in [0.29, 0.717) is 47.0 Å². The average molecular weight is 354 g/mol. The summed E-state index contributed by atoms with van der Waals surface area (Å²) in [6.45, 7) is 2.57. The van der Waals surface area contributed by atoms with Gasteiger partial charge in [-0.15, -0.1) is 0 Å². The van der Waals surface area contributed by atoms with E-state index in [1.165, 1.54) is 30.0 Å². The van der Waals surface area contributed by atoms with Gasteiger partial charge in [0, 0.05) is 35.8 Å². The molecule has 23 heavy (non-hydrogen) atoms. The van der Waals surface area contributed by atoms with Gasteiger partial charge in [0.1, 0.15) is 0 Å². The SMILES string of the molecule is O=C1N=C(N2CCOCC2)S/C1=C/c1cc([N+](=O)[O-])ccc1Cl. The van der Waals surface area contributed by atoms with Crippen molar-refractivity contribution in [1.29, 1.82) is 0 Å². The van der Waals surface area contributed by atoms with Crippen LogP contribution in [0, 0.1) is 10.1 Å². The highest BCUT2D eigenvalue weighted by Crippen LogP contribution is 2.33. The lowest BCUT2D eigenvalue weighted by atomic mass is 10.2. The molecule has 1 amide bonds. The summed E-state index contributed by atoms with van der Waals surface area (Å²) in [5, 5.41) is 11.8. The second-order valence-corrected chi connectivity index (χ2v) is 6.29. The van der Waals surface area contributed by atoms with E-state index in [9.17, 15) is 14.9 Å². The molecule has 3 rings (SSSR count). The molecule has 9 heteroatoms. The third kappa shape index (κ3) is 3.54. The Morgan fingerprint density at radius 3 is 2.83 bits per heavy atom. The van der Waals surface area contributed by atoms with Crippen LogP contribution < -0.4 is 0 Å². The first-order chi connectivity index (χ1) is 11.0. The third-order valence-corrected chi connectivity index (χ3v) is 4.76. The van der Waals surface area contributed by atoms with Crippen molar-refractivity contribution in [2.45, 2.75) is 0 Å². The van der Waals surface area contributed by atoms with Crippen LogP contribution in [0.25, 0.3) is 6.08 Å². The highest BCUT2D eigenvalue weighted by atomic mass is 35.5. The number of aliphatic imine (C=N–C) groups is 1. The number of hydrogen-bond donors (Lipinski definition) is 0. The lowest BCUT2D eigenvalue weighted by Gasteiger charge is -2.27. The number of ether oxygens (including phenoxy) is 1. The van der Waals surface area contributed by atoms with Gasteiger partial charge in [-0.25, -0.2) is 0 Å². The number of rotatable bonds is 2. The molecule has 1 fully saturated rings. The Labute approximate surface area is 141 Å². The summed E-state index contributed by atoms with van der Waals surface area (Å²) in [7, 11) is 0. The van der Waals surface area contributed by atoms with Gasteiger partial charge in [-0.3, -0.25) is 14.9 Å². The second kappa shape index (κ2) is 6.69. The number of amidine groups is 1. The molecule has 0 bridgehead atoms. The Morgan fingerprint density at radius 1 is 1.39 bits per heavy atom. The van der Waals surface area contributed by atoms with Crippen LogP contribution in [0.5, 0.6) is 0 Å². The molecule has 1 aromatic carbocycles. The maximum Gasteiger partial charge on any atom is 0.286 e. The van der Waals surface area contributed by atoms with Gasteiger partial charge < -0.3 is 9.64 Å². The van der Waals surface area contributed by atoms with E-state index >= 15 is 0 Å². The lowest BCUT2D eigenvalue weighted by molar-refractivity contribution is -0.384. The van der Waals surface area contributed by atoms with Gasteiger partial charge in [-0.1, -0.05) is 11.6 Å². The summed E-state index contributed by atoms with van der Waals surface area (Å²) in [6.07, 6.45) is 1.54. The van der Waals surface area contributed by atoms with E-state index in [-0.39, 0.29) is 11.6 Å². The predicted molar refractivity (Wildman–Crippen MR) is 88.5 cm³/mol. The van der Waals surface area contributed by atoms with Crippen LogP contribution in [0.15, 0.2) is 28.1 Å². The maximum atomic E-state index is 12.1. The molecule has 0 spiro atoms. The first-order valence-corrected chi connectivity index (χ1v) is 8.03. The Balaban J connectivity index is 1.83. The molecule has 0 aliphatic carbocycles. The van der Waals surface area contributed by atoms with Crippen molar-refractivity contribution in [2.75, 3.05) is 26.3 Å². The molecule has 0 aromatic heterocycles. The summed E-state index contributed by atoms with van der Waals surface area (Å²) in [4.78, 5) is 28.8. The fourth-order valence-electron chi connectivity index (χ4n) is 2.18. The van der Waals surface area contributed by atoms with E-state index in [1.54, 1.807) is 6.08 Å². The van der Waals surface area contributed by atoms with Crippen LogP contribution in [0.1, 0.15) is 5.56 Å². The standard InChI is InChI=1S/C14H12ClN3O4S/c15-11-2-1-10(18(20)21)7-9(11)8-12-13(19)16-14(23-12)17-3-5-22-6-4-17/h1-2,7-8H,3-6H2/b12-8+. The quantitative estimate of drug-likeness (QED) is 0.461. The highest BCUT2D eigenvalue weighted by Gasteiger charge is 2.27. The molecule has 7 nitrogen and oxygen atoms in total. The summed E-state index contributed by atoms with van der Waals surface area (Å²) >= 11 is 7.31. The average Bonchev–Trinajstić information content (AvgIpc) is 2.91. The van der Waals surface area contributed by atoms with Gasteiger partial charge in [0.2, 0.25) is 0 Å². The molecule has 0 atom stereocenters. The number of thioether (sulfide) groups is 1. The smallest absolute Gasteiger partial charge is 0.286 e. The van der Waals surface area contributed by atoms with Crippen molar-refractivity contribution >= 4 is 46.2 Å². The van der Waals surface area contributed by atoms with E-state index < -0.39 is 4.92 Å². The Hall–Kier alpha value is -1.90. The van der Waals surface area contributed by atoms with Gasteiger partial charge in [0.05, 0.1) is 23.0 Å². The summed E-state index contributed by atoms with van der Waals surface area (Å²) in [5.41, 5.74) is 0.348. The number of non-ortho nitro benzene ring substituents is 1. The van der Waals surface area contributed by atoms with Crippen molar-refractivity contribution in [3.05, 3.63) is 43.8 Å². The number of carbonyl (C=O) groups is 1. The number of carbonyl (C=O) groups excluding carboxylic acids is 1. The minimum atomic E-state index is -0.502. The largest absolute Gasteiger partial charge is 0.378 e. The van der Waals surface area contributed by atoms with Crippen molar-refractivity contribution in [3.8, 4) is 0 Å². The molecule has 0 unspecified atom stereocenters. The van der Waals surface area contributed by atoms with Crippen LogP contribution in [0.4, 0.5) is 5.69 Å². The predicted octanol–water partition coefficient (Wildman–Crippen LogP) is 2.55. The van der Waals surface area contributed by atoms with Crippen LogP contribution in [0.2, 0.25) is 5.02 Å². The van der Waals surface area contributed by atoms with Crippen molar-refractivity contribution in [1.82, 2.24) is 4.90 Å². The van der Waals surface area contributed by atoms with Gasteiger partial charge in [-0.05, 0) is 23.9 Å².